The summed E-state index contributed by atoms with van der Waals surface area (Å²) in [5.41, 5.74) is 0.565. The molecule has 2 aromatic carbocycles. The maximum atomic E-state index is 12.4. The zero-order valence-corrected chi connectivity index (χ0v) is 17.5. The van der Waals surface area contributed by atoms with Crippen LogP contribution in [0.5, 0.6) is 11.5 Å². The van der Waals surface area contributed by atoms with E-state index >= 15 is 0 Å². The van der Waals surface area contributed by atoms with E-state index in [9.17, 15) is 14.7 Å². The summed E-state index contributed by atoms with van der Waals surface area (Å²) in [6.45, 7) is 2.70. The first-order chi connectivity index (χ1) is 13.8. The van der Waals surface area contributed by atoms with Crippen molar-refractivity contribution in [2.75, 3.05) is 19.0 Å². The van der Waals surface area contributed by atoms with Gasteiger partial charge in [-0.05, 0) is 55.0 Å². The molecule has 0 aliphatic heterocycles. The molecule has 2 aromatic rings. The van der Waals surface area contributed by atoms with Gasteiger partial charge in [0.1, 0.15) is 5.75 Å². The number of ether oxygens (including phenoxy) is 2. The number of carboxylic acids is 1. The summed E-state index contributed by atoms with van der Waals surface area (Å²) in [7, 11) is 1.39. The molecule has 0 saturated carbocycles. The molecule has 0 aliphatic carbocycles. The van der Waals surface area contributed by atoms with Crippen molar-refractivity contribution in [2.24, 2.45) is 0 Å². The van der Waals surface area contributed by atoms with Crippen LogP contribution in [0.1, 0.15) is 40.5 Å². The van der Waals surface area contributed by atoms with Gasteiger partial charge in [-0.25, -0.2) is 4.79 Å². The molecule has 0 aromatic heterocycles. The van der Waals surface area contributed by atoms with E-state index in [-0.39, 0.29) is 27.1 Å². The van der Waals surface area contributed by atoms with Gasteiger partial charge in [0.05, 0.1) is 30.0 Å². The molecule has 0 aliphatic rings. The van der Waals surface area contributed by atoms with E-state index in [2.05, 4.69) is 17.6 Å². The van der Waals surface area contributed by atoms with Crippen LogP contribution in [0.15, 0.2) is 36.4 Å². The lowest BCUT2D eigenvalue weighted by Gasteiger charge is -2.15. The number of carbonyl (C=O) groups is 2. The Morgan fingerprint density at radius 3 is 2.45 bits per heavy atom. The minimum atomic E-state index is -1.16. The number of hydrogen-bond donors (Lipinski definition) is 3. The number of methoxy groups -OCH3 is 1. The number of hydrogen-bond acceptors (Lipinski definition) is 5. The third-order valence-corrected chi connectivity index (χ3v) is 4.34. The van der Waals surface area contributed by atoms with Crippen molar-refractivity contribution in [3.63, 3.8) is 0 Å². The Bertz CT molecular complexity index is 902. The van der Waals surface area contributed by atoms with Crippen molar-refractivity contribution in [1.29, 1.82) is 0 Å². The van der Waals surface area contributed by atoms with E-state index in [4.69, 9.17) is 33.3 Å². The lowest BCUT2D eigenvalue weighted by molar-refractivity contribution is 0.0696. The van der Waals surface area contributed by atoms with Crippen LogP contribution < -0.4 is 20.1 Å². The Morgan fingerprint density at radius 1 is 1.17 bits per heavy atom. The Morgan fingerprint density at radius 2 is 1.86 bits per heavy atom. The zero-order valence-electron chi connectivity index (χ0n) is 16.0. The minimum absolute atomic E-state index is 0.0322. The van der Waals surface area contributed by atoms with Gasteiger partial charge in [-0.3, -0.25) is 10.1 Å². The summed E-state index contributed by atoms with van der Waals surface area (Å²) in [6.07, 6.45) is 2.00. The summed E-state index contributed by atoms with van der Waals surface area (Å²) < 4.78 is 10.7. The Kier molecular flexibility index (Phi) is 8.23. The summed E-state index contributed by atoms with van der Waals surface area (Å²) in [5.74, 6) is -0.696. The summed E-state index contributed by atoms with van der Waals surface area (Å²) in [6, 6.07) is 9.25. The second-order valence-corrected chi connectivity index (χ2v) is 6.79. The molecular formula is C20H21ClN2O5S. The first-order valence-electron chi connectivity index (χ1n) is 8.81. The standard InChI is InChI=1S/C20H21ClN2O5S/c1-3-4-9-28-14-7-5-12(6-8-14)18(24)23-20(29)22-16-11-13(19(25)26)10-15(21)17(16)27-2/h5-8,10-11H,3-4,9H2,1-2H3,(H,25,26)(H2,22,23,24,29). The number of carbonyl (C=O) groups excluding carboxylic acids is 1. The van der Waals surface area contributed by atoms with Gasteiger partial charge in [0, 0.05) is 5.56 Å². The fourth-order valence-corrected chi connectivity index (χ4v) is 2.88. The van der Waals surface area contributed by atoms with E-state index in [1.165, 1.54) is 19.2 Å². The van der Waals surface area contributed by atoms with Crippen molar-refractivity contribution in [1.82, 2.24) is 5.32 Å². The van der Waals surface area contributed by atoms with Gasteiger partial charge >= 0.3 is 5.97 Å². The number of rotatable bonds is 8. The monoisotopic (exact) mass is 436 g/mol. The van der Waals surface area contributed by atoms with Gasteiger partial charge in [0.15, 0.2) is 10.9 Å². The molecule has 9 heteroatoms. The molecule has 0 bridgehead atoms. The number of anilines is 1. The lowest BCUT2D eigenvalue weighted by atomic mass is 10.2. The van der Waals surface area contributed by atoms with E-state index in [1.54, 1.807) is 24.3 Å². The molecular weight excluding hydrogens is 416 g/mol. The molecule has 29 heavy (non-hydrogen) atoms. The van der Waals surface area contributed by atoms with Crippen LogP contribution in [0, 0.1) is 0 Å². The van der Waals surface area contributed by atoms with Crippen LogP contribution in [0.3, 0.4) is 0 Å². The molecule has 1 amide bonds. The number of benzene rings is 2. The molecule has 0 unspecified atom stereocenters. The van der Waals surface area contributed by atoms with Gasteiger partial charge in [0.2, 0.25) is 0 Å². The van der Waals surface area contributed by atoms with Gasteiger partial charge in [-0.15, -0.1) is 0 Å². The molecule has 0 heterocycles. The first kappa shape index (κ1) is 22.4. The fourth-order valence-electron chi connectivity index (χ4n) is 2.38. The van der Waals surface area contributed by atoms with Gasteiger partial charge < -0.3 is 19.9 Å². The van der Waals surface area contributed by atoms with Crippen LogP contribution in [0.2, 0.25) is 5.02 Å². The number of carboxylic acid groups (broad SMARTS) is 1. The molecule has 7 nitrogen and oxygen atoms in total. The van der Waals surface area contributed by atoms with Gasteiger partial charge in [-0.1, -0.05) is 24.9 Å². The summed E-state index contributed by atoms with van der Waals surface area (Å²) >= 11 is 11.2. The highest BCUT2D eigenvalue weighted by atomic mass is 35.5. The minimum Gasteiger partial charge on any atom is -0.494 e. The first-order valence-corrected chi connectivity index (χ1v) is 9.60. The highest BCUT2D eigenvalue weighted by Crippen LogP contribution is 2.34. The molecule has 0 spiro atoms. The average Bonchev–Trinajstić information content (AvgIpc) is 2.68. The van der Waals surface area contributed by atoms with E-state index in [1.807, 2.05) is 0 Å². The number of amides is 1. The van der Waals surface area contributed by atoms with Crippen molar-refractivity contribution >= 4 is 46.5 Å². The van der Waals surface area contributed by atoms with Crippen molar-refractivity contribution in [3.05, 3.63) is 52.5 Å². The third kappa shape index (κ3) is 6.33. The number of nitrogens with one attached hydrogen (secondary N) is 2. The molecule has 0 fully saturated rings. The highest BCUT2D eigenvalue weighted by molar-refractivity contribution is 7.80. The second kappa shape index (κ2) is 10.6. The van der Waals surface area contributed by atoms with Crippen LogP contribution in [0.4, 0.5) is 5.69 Å². The molecule has 154 valence electrons. The van der Waals surface area contributed by atoms with Crippen molar-refractivity contribution in [2.45, 2.75) is 19.8 Å². The smallest absolute Gasteiger partial charge is 0.335 e. The maximum absolute atomic E-state index is 12.4. The fraction of sp³-hybridized carbons (Fsp3) is 0.250. The third-order valence-electron chi connectivity index (χ3n) is 3.85. The summed E-state index contributed by atoms with van der Waals surface area (Å²) in [5, 5.41) is 14.5. The number of thiocarbonyl (C=S) groups is 1. The van der Waals surface area contributed by atoms with E-state index in [0.717, 1.165) is 12.8 Å². The topological polar surface area (TPSA) is 96.9 Å². The predicted molar refractivity (Wildman–Crippen MR) is 115 cm³/mol. The Hall–Kier alpha value is -2.84. The van der Waals surface area contributed by atoms with Crippen LogP contribution in [0.25, 0.3) is 0 Å². The molecule has 0 saturated heterocycles. The van der Waals surface area contributed by atoms with Crippen LogP contribution in [-0.2, 0) is 0 Å². The van der Waals surface area contributed by atoms with E-state index < -0.39 is 11.9 Å². The normalized spacial score (nSPS) is 10.2. The Labute approximate surface area is 179 Å². The highest BCUT2D eigenvalue weighted by Gasteiger charge is 2.16. The average molecular weight is 437 g/mol. The number of unbranched alkanes of at least 4 members (excludes halogenated alkanes) is 1. The Balaban J connectivity index is 2.05. The SMILES string of the molecule is CCCCOc1ccc(C(=O)NC(=S)Nc2cc(C(=O)O)cc(Cl)c2OC)cc1. The van der Waals surface area contributed by atoms with Gasteiger partial charge in [0.25, 0.3) is 5.91 Å². The number of aromatic carboxylic acids is 1. The summed E-state index contributed by atoms with van der Waals surface area (Å²) in [4.78, 5) is 23.6. The molecule has 0 radical (unpaired) electrons. The predicted octanol–water partition coefficient (Wildman–Crippen LogP) is 4.35. The largest absolute Gasteiger partial charge is 0.494 e. The lowest BCUT2D eigenvalue weighted by Crippen LogP contribution is -2.34. The van der Waals surface area contributed by atoms with Crippen LogP contribution in [-0.4, -0.2) is 35.8 Å². The zero-order chi connectivity index (χ0) is 21.4. The molecule has 2 rings (SSSR count). The molecule has 0 atom stereocenters. The molecule has 3 N–H and O–H groups in total. The van der Waals surface area contributed by atoms with Crippen molar-refractivity contribution in [3.8, 4) is 11.5 Å². The van der Waals surface area contributed by atoms with Crippen molar-refractivity contribution < 1.29 is 24.2 Å². The van der Waals surface area contributed by atoms with Gasteiger partial charge in [-0.2, -0.15) is 0 Å². The second-order valence-electron chi connectivity index (χ2n) is 5.98. The van der Waals surface area contributed by atoms with E-state index in [0.29, 0.717) is 17.9 Å². The number of halogens is 1. The quantitative estimate of drug-likeness (QED) is 0.418. The maximum Gasteiger partial charge on any atom is 0.335 e. The van der Waals surface area contributed by atoms with Crippen LogP contribution >= 0.6 is 23.8 Å².